The van der Waals surface area contributed by atoms with Gasteiger partial charge < -0.3 is 19.5 Å². The molecule has 10 heteroatoms. The maximum Gasteiger partial charge on any atom is 0.338 e. The van der Waals surface area contributed by atoms with Crippen molar-refractivity contribution in [1.29, 1.82) is 0 Å². The molecule has 3 aromatic carbocycles. The van der Waals surface area contributed by atoms with E-state index in [2.05, 4.69) is 20.5 Å². The lowest BCUT2D eigenvalue weighted by molar-refractivity contribution is -0.377. The Morgan fingerprint density at radius 3 is 2.55 bits per heavy atom. The number of ether oxygens (including phenoxy) is 3. The molecule has 0 aliphatic heterocycles. The highest BCUT2D eigenvalue weighted by atomic mass is 35.5. The molecule has 2 aromatic heterocycles. The summed E-state index contributed by atoms with van der Waals surface area (Å²) in [6.07, 6.45) is 4.60. The molecule has 0 saturated heterocycles. The van der Waals surface area contributed by atoms with E-state index in [-0.39, 0.29) is 6.42 Å². The number of halogens is 2. The minimum absolute atomic E-state index is 0.253. The highest BCUT2D eigenvalue weighted by Gasteiger charge is 2.24. The van der Waals surface area contributed by atoms with Gasteiger partial charge >= 0.3 is 5.97 Å². The van der Waals surface area contributed by atoms with Crippen LogP contribution in [0.15, 0.2) is 79.3 Å². The third-order valence-corrected chi connectivity index (χ3v) is 7.21. The van der Waals surface area contributed by atoms with Crippen LogP contribution in [0.2, 0.25) is 10.0 Å². The lowest BCUT2D eigenvalue weighted by atomic mass is 10.0. The van der Waals surface area contributed by atoms with Gasteiger partial charge in [-0.1, -0.05) is 53.5 Å². The normalized spacial score (nSPS) is 11.7. The van der Waals surface area contributed by atoms with E-state index in [1.54, 1.807) is 51.0 Å². The monoisotopic (exact) mass is 577 g/mol. The molecule has 40 heavy (non-hydrogen) atoms. The van der Waals surface area contributed by atoms with E-state index in [9.17, 15) is 4.79 Å². The molecule has 2 heterocycles. The predicted octanol–water partition coefficient (Wildman–Crippen LogP) is 6.45. The van der Waals surface area contributed by atoms with Crippen LogP contribution in [-0.2, 0) is 17.7 Å². The Balaban J connectivity index is 1.39. The molecule has 1 atom stereocenters. The molecule has 0 saturated carbocycles. The number of pyridine rings is 1. The first-order valence-electron chi connectivity index (χ1n) is 12.5. The van der Waals surface area contributed by atoms with E-state index in [4.69, 9.17) is 37.4 Å². The Morgan fingerprint density at radius 1 is 1.00 bits per heavy atom. The third kappa shape index (κ3) is 5.98. The molecule has 204 valence electrons. The maximum atomic E-state index is 13.4. The summed E-state index contributed by atoms with van der Waals surface area (Å²) in [4.78, 5) is 16.3. The van der Waals surface area contributed by atoms with Crippen LogP contribution in [0.5, 0.6) is 11.5 Å². The fraction of sp³-hybridized carbons (Fsp3) is 0.167. The number of H-pyrrole nitrogens is 2. The Kier molecular flexibility index (Phi) is 8.38. The first kappa shape index (κ1) is 27.3. The van der Waals surface area contributed by atoms with Crippen LogP contribution in [0.25, 0.3) is 10.9 Å². The van der Waals surface area contributed by atoms with Crippen molar-refractivity contribution in [2.24, 2.45) is 0 Å². The number of para-hydroxylation sites is 1. The molecule has 0 fully saturated rings. The summed E-state index contributed by atoms with van der Waals surface area (Å²) in [7, 11) is 3.11. The van der Waals surface area contributed by atoms with Crippen LogP contribution in [-0.4, -0.2) is 30.4 Å². The van der Waals surface area contributed by atoms with E-state index in [1.807, 2.05) is 42.5 Å². The zero-order valence-electron chi connectivity index (χ0n) is 21.8. The molecule has 0 aliphatic rings. The Bertz CT molecular complexity index is 1640. The quantitative estimate of drug-likeness (QED) is 0.185. The number of aromatic amines is 2. The van der Waals surface area contributed by atoms with Gasteiger partial charge in [-0.2, -0.15) is 5.10 Å². The Labute approximate surface area is 241 Å². The number of fused-ring (bicyclic) bond motifs is 1. The maximum absolute atomic E-state index is 13.4. The summed E-state index contributed by atoms with van der Waals surface area (Å²) in [5, 5.41) is 12.4. The van der Waals surface area contributed by atoms with Crippen molar-refractivity contribution in [2.45, 2.75) is 19.1 Å². The zero-order valence-corrected chi connectivity index (χ0v) is 23.3. The van der Waals surface area contributed by atoms with Gasteiger partial charge in [-0.05, 0) is 41.5 Å². The molecule has 5 aromatic rings. The molecule has 0 spiro atoms. The second-order valence-corrected chi connectivity index (χ2v) is 9.85. The van der Waals surface area contributed by atoms with Crippen LogP contribution in [0.4, 0.5) is 5.69 Å². The zero-order chi connectivity index (χ0) is 28.1. The summed E-state index contributed by atoms with van der Waals surface area (Å²) in [6, 6.07) is 18.6. The third-order valence-electron chi connectivity index (χ3n) is 6.54. The standard InChI is InChI=1S/C30H26Cl2N4O4/c1-38-26-10-9-19(12-28(26)39-2)27(13-22-23(31)16-33-17-24(22)32)40-30(37)20-6-3-5-18(11-20)14-34-25-8-4-7-21-15-35-36-29(21)25/h3-12,15-17,27,34H,13-14H2,1-2H3,(H,35,36)/p+1/t27-/m0/s1. The number of rotatable bonds is 10. The van der Waals surface area contributed by atoms with Crippen molar-refractivity contribution in [2.75, 3.05) is 19.5 Å². The van der Waals surface area contributed by atoms with Crippen LogP contribution in [0, 0.1) is 0 Å². The Hall–Kier alpha value is -4.27. The molecule has 5 rings (SSSR count). The smallest absolute Gasteiger partial charge is 0.338 e. The summed E-state index contributed by atoms with van der Waals surface area (Å²) in [6.45, 7) is 0.504. The number of anilines is 1. The van der Waals surface area contributed by atoms with Crippen molar-refractivity contribution in [3.8, 4) is 11.5 Å². The van der Waals surface area contributed by atoms with Gasteiger partial charge in [0.05, 0.1) is 37.2 Å². The van der Waals surface area contributed by atoms with Gasteiger partial charge in [0.25, 0.3) is 0 Å². The van der Waals surface area contributed by atoms with Crippen molar-refractivity contribution in [3.05, 3.63) is 112 Å². The number of methoxy groups -OCH3 is 2. The number of hydrogen-bond donors (Lipinski definition) is 2. The number of carbonyl (C=O) groups excluding carboxylic acids is 1. The van der Waals surface area contributed by atoms with E-state index < -0.39 is 12.1 Å². The molecule has 0 radical (unpaired) electrons. The van der Waals surface area contributed by atoms with Gasteiger partial charge in [-0.3, -0.25) is 5.10 Å². The van der Waals surface area contributed by atoms with Gasteiger partial charge in [-0.25, -0.2) is 9.78 Å². The lowest BCUT2D eigenvalue weighted by Gasteiger charge is -2.21. The van der Waals surface area contributed by atoms with Gasteiger partial charge in [0.15, 0.2) is 23.9 Å². The van der Waals surface area contributed by atoms with E-state index in [1.165, 1.54) is 0 Å². The largest absolute Gasteiger partial charge is 0.493 e. The minimum atomic E-state index is -0.704. The summed E-state index contributed by atoms with van der Waals surface area (Å²) < 4.78 is 16.9. The van der Waals surface area contributed by atoms with E-state index in [0.717, 1.165) is 22.2 Å². The first-order valence-corrected chi connectivity index (χ1v) is 13.2. The second kappa shape index (κ2) is 12.3. The van der Waals surface area contributed by atoms with Crippen LogP contribution in [0.1, 0.15) is 33.2 Å². The van der Waals surface area contributed by atoms with Crippen molar-refractivity contribution >= 4 is 45.8 Å². The SMILES string of the molecule is COc1ccc([C@H](Cc2c(Cl)c[nH+]cc2Cl)OC(=O)c2cccc(CNc3cccc4cn[nH]c34)c2)cc1OC. The molecule has 0 aliphatic carbocycles. The lowest BCUT2D eigenvalue weighted by Crippen LogP contribution is -2.16. The van der Waals surface area contributed by atoms with E-state index >= 15 is 0 Å². The summed E-state index contributed by atoms with van der Waals surface area (Å²) >= 11 is 12.9. The van der Waals surface area contributed by atoms with Gasteiger partial charge in [0.2, 0.25) is 0 Å². The topological polar surface area (TPSA) is 99.6 Å². The van der Waals surface area contributed by atoms with Crippen LogP contribution in [0.3, 0.4) is 0 Å². The molecule has 3 N–H and O–H groups in total. The van der Waals surface area contributed by atoms with Gasteiger partial charge in [0.1, 0.15) is 16.1 Å². The molecule has 0 bridgehead atoms. The number of aromatic nitrogens is 3. The predicted molar refractivity (Wildman–Crippen MR) is 154 cm³/mol. The number of esters is 1. The molecular weight excluding hydrogens is 551 g/mol. The minimum Gasteiger partial charge on any atom is -0.493 e. The fourth-order valence-electron chi connectivity index (χ4n) is 4.46. The Morgan fingerprint density at radius 2 is 1.77 bits per heavy atom. The van der Waals surface area contributed by atoms with Crippen molar-refractivity contribution in [1.82, 2.24) is 10.2 Å². The van der Waals surface area contributed by atoms with Crippen molar-refractivity contribution < 1.29 is 24.0 Å². The highest BCUT2D eigenvalue weighted by molar-refractivity contribution is 6.35. The van der Waals surface area contributed by atoms with E-state index in [0.29, 0.717) is 44.8 Å². The molecule has 8 nitrogen and oxygen atoms in total. The average Bonchev–Trinajstić information content (AvgIpc) is 3.47. The molecular formula is C30H27Cl2N4O4+. The number of hydrogen-bond acceptors (Lipinski definition) is 6. The summed E-state index contributed by atoms with van der Waals surface area (Å²) in [5.41, 5.74) is 4.54. The average molecular weight is 578 g/mol. The number of carbonyl (C=O) groups is 1. The number of nitrogens with one attached hydrogen (secondary N) is 3. The van der Waals surface area contributed by atoms with Crippen molar-refractivity contribution in [3.63, 3.8) is 0 Å². The van der Waals surface area contributed by atoms with Gasteiger partial charge in [0, 0.05) is 23.9 Å². The summed E-state index contributed by atoms with van der Waals surface area (Å²) in [5.74, 6) is 0.597. The fourth-order valence-corrected chi connectivity index (χ4v) is 4.99. The highest BCUT2D eigenvalue weighted by Crippen LogP contribution is 2.35. The van der Waals surface area contributed by atoms with Crippen LogP contribution >= 0.6 is 23.2 Å². The number of benzene rings is 3. The first-order chi connectivity index (χ1) is 19.5. The second-order valence-electron chi connectivity index (χ2n) is 9.04. The molecule has 0 unspecified atom stereocenters. The van der Waals surface area contributed by atoms with Crippen LogP contribution < -0.4 is 19.8 Å². The molecule has 0 amide bonds. The number of nitrogens with zero attached hydrogens (tertiary/aromatic N) is 1. The van der Waals surface area contributed by atoms with Gasteiger partial charge in [-0.15, -0.1) is 0 Å².